The molecule has 1 saturated carbocycles. The molecule has 3 heteroatoms. The third-order valence-electron chi connectivity index (χ3n) is 4.86. The minimum absolute atomic E-state index is 0.0316. The van der Waals surface area contributed by atoms with E-state index in [4.69, 9.17) is 0 Å². The van der Waals surface area contributed by atoms with Gasteiger partial charge in [0.15, 0.2) is 0 Å². The van der Waals surface area contributed by atoms with Crippen LogP contribution in [0.25, 0.3) is 0 Å². The lowest BCUT2D eigenvalue weighted by molar-refractivity contribution is -0.141. The zero-order valence-corrected chi connectivity index (χ0v) is 11.0. The molecule has 1 saturated heterocycles. The number of carbonyl (C=O) groups is 1. The fourth-order valence-corrected chi connectivity index (χ4v) is 3.85. The summed E-state index contributed by atoms with van der Waals surface area (Å²) in [6.45, 7) is 4.47. The maximum atomic E-state index is 11.2. The first-order valence-corrected chi connectivity index (χ1v) is 7.12. The van der Waals surface area contributed by atoms with Crippen molar-refractivity contribution in [2.45, 2.75) is 63.8 Å². The quantitative estimate of drug-likeness (QED) is 0.823. The summed E-state index contributed by atoms with van der Waals surface area (Å²) in [5.41, 5.74) is -0.0316. The number of nitrogens with zero attached hydrogens (tertiary/aromatic N) is 1. The Bertz CT molecular complexity index is 271. The lowest BCUT2D eigenvalue weighted by atomic mass is 9.83. The summed E-state index contributed by atoms with van der Waals surface area (Å²) in [5, 5.41) is 9.23. The Morgan fingerprint density at radius 3 is 2.35 bits per heavy atom. The summed E-state index contributed by atoms with van der Waals surface area (Å²) in [7, 11) is 0. The van der Waals surface area contributed by atoms with E-state index in [1.54, 1.807) is 0 Å². The molecule has 0 amide bonds. The molecule has 0 radical (unpaired) electrons. The molecule has 0 bridgehead atoms. The first-order chi connectivity index (χ1) is 8.15. The van der Waals surface area contributed by atoms with Crippen molar-refractivity contribution in [2.75, 3.05) is 13.1 Å². The highest BCUT2D eigenvalue weighted by Crippen LogP contribution is 2.43. The smallest absolute Gasteiger partial charge is 0.305 e. The van der Waals surface area contributed by atoms with Crippen LogP contribution in [0.4, 0.5) is 0 Å². The van der Waals surface area contributed by atoms with Gasteiger partial charge in [-0.1, -0.05) is 26.2 Å². The van der Waals surface area contributed by atoms with Gasteiger partial charge in [0.25, 0.3) is 0 Å². The highest BCUT2D eigenvalue weighted by molar-refractivity contribution is 5.68. The average molecular weight is 239 g/mol. The summed E-state index contributed by atoms with van der Waals surface area (Å²) in [4.78, 5) is 13.7. The molecule has 98 valence electrons. The summed E-state index contributed by atoms with van der Waals surface area (Å²) in [5.74, 6) is -0.0836. The molecule has 2 unspecified atom stereocenters. The molecular weight excluding hydrogens is 214 g/mol. The average Bonchev–Trinajstić information content (AvgIpc) is 2.54. The highest BCUT2D eigenvalue weighted by atomic mass is 16.4. The largest absolute Gasteiger partial charge is 0.481 e. The number of rotatable bonds is 3. The topological polar surface area (TPSA) is 40.5 Å². The Kier molecular flexibility index (Phi) is 4.08. The molecule has 17 heavy (non-hydrogen) atoms. The molecule has 0 aromatic rings. The van der Waals surface area contributed by atoms with Crippen LogP contribution in [0.15, 0.2) is 0 Å². The van der Waals surface area contributed by atoms with E-state index >= 15 is 0 Å². The molecule has 1 aliphatic carbocycles. The van der Waals surface area contributed by atoms with Crippen molar-refractivity contribution in [1.29, 1.82) is 0 Å². The van der Waals surface area contributed by atoms with Gasteiger partial charge >= 0.3 is 5.97 Å². The zero-order valence-electron chi connectivity index (χ0n) is 11.0. The van der Waals surface area contributed by atoms with E-state index in [1.165, 1.54) is 38.5 Å². The van der Waals surface area contributed by atoms with E-state index in [-0.39, 0.29) is 5.54 Å². The van der Waals surface area contributed by atoms with Crippen LogP contribution in [0, 0.1) is 5.92 Å². The van der Waals surface area contributed by atoms with Gasteiger partial charge in [-0.2, -0.15) is 0 Å². The van der Waals surface area contributed by atoms with Crippen molar-refractivity contribution in [2.24, 2.45) is 5.92 Å². The minimum atomic E-state index is -0.622. The highest BCUT2D eigenvalue weighted by Gasteiger charge is 2.46. The molecule has 0 aromatic heterocycles. The maximum absolute atomic E-state index is 11.2. The predicted octanol–water partition coefficient (Wildman–Crippen LogP) is 2.90. The number of carboxylic acid groups (broad SMARTS) is 1. The molecule has 0 spiro atoms. The molecule has 2 aliphatic rings. The standard InChI is InChI=1S/C14H25NO2/c1-12-7-6-8-14(12,11-13(16)17)15-9-4-2-3-5-10-15/h12H,2-11H2,1H3,(H,16,17). The van der Waals surface area contributed by atoms with Crippen molar-refractivity contribution in [3.8, 4) is 0 Å². The van der Waals surface area contributed by atoms with Crippen molar-refractivity contribution in [1.82, 2.24) is 4.90 Å². The summed E-state index contributed by atoms with van der Waals surface area (Å²) < 4.78 is 0. The van der Waals surface area contributed by atoms with Crippen LogP contribution in [0.2, 0.25) is 0 Å². The van der Waals surface area contributed by atoms with Crippen LogP contribution in [0.1, 0.15) is 58.3 Å². The maximum Gasteiger partial charge on any atom is 0.305 e. The SMILES string of the molecule is CC1CCCC1(CC(=O)O)N1CCCCCC1. The first kappa shape index (κ1) is 12.9. The van der Waals surface area contributed by atoms with E-state index in [1.807, 2.05) is 0 Å². The van der Waals surface area contributed by atoms with Gasteiger partial charge in [0.05, 0.1) is 6.42 Å². The lowest BCUT2D eigenvalue weighted by Crippen LogP contribution is -2.52. The minimum Gasteiger partial charge on any atom is -0.481 e. The zero-order chi connectivity index (χ0) is 12.3. The Morgan fingerprint density at radius 2 is 1.88 bits per heavy atom. The summed E-state index contributed by atoms with van der Waals surface area (Å²) >= 11 is 0. The van der Waals surface area contributed by atoms with Gasteiger partial charge in [0.1, 0.15) is 0 Å². The van der Waals surface area contributed by atoms with E-state index in [0.29, 0.717) is 12.3 Å². The number of hydrogen-bond acceptors (Lipinski definition) is 2. The second-order valence-corrected chi connectivity index (χ2v) is 5.87. The van der Waals surface area contributed by atoms with Gasteiger partial charge in [0.2, 0.25) is 0 Å². The van der Waals surface area contributed by atoms with Gasteiger partial charge in [0, 0.05) is 5.54 Å². The molecule has 2 atom stereocenters. The van der Waals surface area contributed by atoms with E-state index in [9.17, 15) is 9.90 Å². The summed E-state index contributed by atoms with van der Waals surface area (Å²) in [6.07, 6.45) is 8.94. The third kappa shape index (κ3) is 2.65. The van der Waals surface area contributed by atoms with Gasteiger partial charge in [-0.3, -0.25) is 9.69 Å². The number of aliphatic carboxylic acids is 1. The van der Waals surface area contributed by atoms with Crippen molar-refractivity contribution >= 4 is 5.97 Å². The molecule has 1 N–H and O–H groups in total. The number of likely N-dealkylation sites (tertiary alicyclic amines) is 1. The van der Waals surface area contributed by atoms with Gasteiger partial charge in [-0.05, 0) is 44.7 Å². The monoisotopic (exact) mass is 239 g/mol. The van der Waals surface area contributed by atoms with Crippen LogP contribution in [-0.2, 0) is 4.79 Å². The Balaban J connectivity index is 2.16. The fourth-order valence-electron chi connectivity index (χ4n) is 3.85. The normalized spacial score (nSPS) is 35.7. The van der Waals surface area contributed by atoms with Crippen LogP contribution in [-0.4, -0.2) is 34.6 Å². The van der Waals surface area contributed by atoms with Gasteiger partial charge < -0.3 is 5.11 Å². The molecule has 2 fully saturated rings. The second-order valence-electron chi connectivity index (χ2n) is 5.87. The molecule has 0 aromatic carbocycles. The molecule has 2 rings (SSSR count). The first-order valence-electron chi connectivity index (χ1n) is 7.12. The Hall–Kier alpha value is -0.570. The van der Waals surface area contributed by atoms with Crippen molar-refractivity contribution < 1.29 is 9.90 Å². The van der Waals surface area contributed by atoms with Crippen molar-refractivity contribution in [3.05, 3.63) is 0 Å². The third-order valence-corrected chi connectivity index (χ3v) is 4.86. The molecule has 1 heterocycles. The fraction of sp³-hybridized carbons (Fsp3) is 0.929. The summed E-state index contributed by atoms with van der Waals surface area (Å²) in [6, 6.07) is 0. The van der Waals surface area contributed by atoms with E-state index < -0.39 is 5.97 Å². The van der Waals surface area contributed by atoms with E-state index in [2.05, 4.69) is 11.8 Å². The lowest BCUT2D eigenvalue weighted by Gasteiger charge is -2.43. The molecule has 3 nitrogen and oxygen atoms in total. The second kappa shape index (κ2) is 5.38. The predicted molar refractivity (Wildman–Crippen MR) is 68.0 cm³/mol. The van der Waals surface area contributed by atoms with Crippen LogP contribution in [0.5, 0.6) is 0 Å². The van der Waals surface area contributed by atoms with Crippen LogP contribution < -0.4 is 0 Å². The van der Waals surface area contributed by atoms with Gasteiger partial charge in [-0.25, -0.2) is 0 Å². The van der Waals surface area contributed by atoms with Crippen LogP contribution >= 0.6 is 0 Å². The van der Waals surface area contributed by atoms with Crippen LogP contribution in [0.3, 0.4) is 0 Å². The molecular formula is C14H25NO2. The van der Waals surface area contributed by atoms with Crippen molar-refractivity contribution in [3.63, 3.8) is 0 Å². The van der Waals surface area contributed by atoms with E-state index in [0.717, 1.165) is 19.5 Å². The number of hydrogen-bond donors (Lipinski definition) is 1. The van der Waals surface area contributed by atoms with Gasteiger partial charge in [-0.15, -0.1) is 0 Å². The Labute approximate surface area is 104 Å². The Morgan fingerprint density at radius 1 is 1.24 bits per heavy atom. The molecule has 1 aliphatic heterocycles. The number of carboxylic acids is 1.